The Morgan fingerprint density at radius 2 is 1.82 bits per heavy atom. The Morgan fingerprint density at radius 1 is 1.07 bits per heavy atom. The molecule has 0 radical (unpaired) electrons. The Bertz CT molecular complexity index is 1220. The molecule has 1 aromatic heterocycles. The van der Waals surface area contributed by atoms with Crippen LogP contribution in [0.1, 0.15) is 12.0 Å². The molecule has 8 heteroatoms. The molecule has 0 atom stereocenters. The first kappa shape index (κ1) is 18.0. The average molecular weight is 378 g/mol. The highest BCUT2D eigenvalue weighted by atomic mass is 16.2. The minimum Gasteiger partial charge on any atom is -0.377 e. The molecule has 0 saturated heterocycles. The number of aromatic nitrogens is 5. The van der Waals surface area contributed by atoms with Gasteiger partial charge in [0.15, 0.2) is 11.5 Å². The summed E-state index contributed by atoms with van der Waals surface area (Å²) in [6, 6.07) is 7.99. The molecule has 3 heterocycles. The van der Waals surface area contributed by atoms with Crippen LogP contribution in [-0.4, -0.2) is 38.2 Å². The van der Waals surface area contributed by atoms with Crippen molar-refractivity contribution in [1.82, 2.24) is 24.1 Å². The summed E-state index contributed by atoms with van der Waals surface area (Å²) in [6.07, 6.45) is 4.85. The van der Waals surface area contributed by atoms with Crippen LogP contribution in [0.25, 0.3) is 22.6 Å². The van der Waals surface area contributed by atoms with Crippen molar-refractivity contribution in [2.75, 3.05) is 19.0 Å². The quantitative estimate of drug-likeness (QED) is 0.536. The molecule has 28 heavy (non-hydrogen) atoms. The summed E-state index contributed by atoms with van der Waals surface area (Å²) in [4.78, 5) is 37.0. The van der Waals surface area contributed by atoms with E-state index in [4.69, 9.17) is 0 Å². The summed E-state index contributed by atoms with van der Waals surface area (Å²) >= 11 is 0. The molecule has 0 saturated carbocycles. The fourth-order valence-electron chi connectivity index (χ4n) is 3.57. The van der Waals surface area contributed by atoms with Crippen LogP contribution in [-0.2, 0) is 13.1 Å². The smallest absolute Gasteiger partial charge is 0.349 e. The predicted molar refractivity (Wildman–Crippen MR) is 109 cm³/mol. The van der Waals surface area contributed by atoms with Crippen LogP contribution in [0.15, 0.2) is 46.2 Å². The predicted octanol–water partition coefficient (Wildman–Crippen LogP) is 1.85. The third kappa shape index (κ3) is 3.17. The third-order valence-corrected chi connectivity index (χ3v) is 4.87. The molecular weight excluding hydrogens is 356 g/mol. The zero-order valence-electron chi connectivity index (χ0n) is 16.1. The van der Waals surface area contributed by atoms with Crippen molar-refractivity contribution < 1.29 is 0 Å². The molecular formula is C20H22N6O2. The molecule has 8 nitrogen and oxygen atoms in total. The van der Waals surface area contributed by atoms with E-state index in [0.29, 0.717) is 17.9 Å². The number of hydrogen-bond donors (Lipinski definition) is 1. The Labute approximate surface area is 161 Å². The maximum Gasteiger partial charge on any atom is 0.349 e. The van der Waals surface area contributed by atoms with Crippen molar-refractivity contribution >= 4 is 16.7 Å². The van der Waals surface area contributed by atoms with Gasteiger partial charge >= 0.3 is 5.69 Å². The lowest BCUT2D eigenvalue weighted by Gasteiger charge is -2.21. The number of aromatic amines is 1. The van der Waals surface area contributed by atoms with Crippen LogP contribution in [0, 0.1) is 6.92 Å². The van der Waals surface area contributed by atoms with E-state index in [-0.39, 0.29) is 5.69 Å². The van der Waals surface area contributed by atoms with Gasteiger partial charge in [-0.05, 0) is 43.2 Å². The van der Waals surface area contributed by atoms with Gasteiger partial charge in [0, 0.05) is 45.3 Å². The molecule has 0 bridgehead atoms. The molecule has 2 aromatic rings. The molecule has 0 aliphatic carbocycles. The fourth-order valence-corrected chi connectivity index (χ4v) is 3.57. The van der Waals surface area contributed by atoms with Gasteiger partial charge in [-0.2, -0.15) is 4.98 Å². The zero-order valence-corrected chi connectivity index (χ0v) is 16.1. The fraction of sp³-hybridized carbons (Fsp3) is 0.300. The van der Waals surface area contributed by atoms with E-state index < -0.39 is 11.2 Å². The maximum absolute atomic E-state index is 12.3. The van der Waals surface area contributed by atoms with Crippen molar-refractivity contribution in [1.29, 1.82) is 0 Å². The highest BCUT2D eigenvalue weighted by molar-refractivity contribution is 5.84. The standard InChI is InChI=1S/C20H22N6O2/c1-13-11-14-16(12-15(13)24(2)3)26(10-6-9-25-7-4-5-8-25)18-17(21-14)19(27)23-20(28)22-18/h4-5,7-8,11-12H,6,9-10H2,1-3H3,(H,23,27,28). The summed E-state index contributed by atoms with van der Waals surface area (Å²) < 4.78 is 4.03. The van der Waals surface area contributed by atoms with Gasteiger partial charge < -0.3 is 14.0 Å². The summed E-state index contributed by atoms with van der Waals surface area (Å²) in [6.45, 7) is 3.45. The maximum atomic E-state index is 12.3. The van der Waals surface area contributed by atoms with Crippen LogP contribution >= 0.6 is 0 Å². The number of hydrogen-bond acceptors (Lipinski definition) is 5. The van der Waals surface area contributed by atoms with Crippen LogP contribution in [0.5, 0.6) is 0 Å². The largest absolute Gasteiger partial charge is 0.377 e. The van der Waals surface area contributed by atoms with Crippen LogP contribution in [0.4, 0.5) is 5.69 Å². The first-order valence-electron chi connectivity index (χ1n) is 9.17. The minimum atomic E-state index is -0.655. The number of benzene rings is 1. The first-order valence-corrected chi connectivity index (χ1v) is 9.17. The molecule has 1 N–H and O–H groups in total. The molecule has 0 unspecified atom stereocenters. The molecule has 0 fully saturated rings. The normalized spacial score (nSPS) is 11.4. The van der Waals surface area contributed by atoms with E-state index >= 15 is 0 Å². The summed E-state index contributed by atoms with van der Waals surface area (Å²) in [5.41, 5.74) is 2.70. The van der Waals surface area contributed by atoms with Gasteiger partial charge in [-0.25, -0.2) is 9.78 Å². The third-order valence-electron chi connectivity index (χ3n) is 4.87. The summed E-state index contributed by atoms with van der Waals surface area (Å²) in [5, 5.41) is 0. The number of nitrogens with one attached hydrogen (secondary N) is 1. The van der Waals surface area contributed by atoms with Gasteiger partial charge in [0.05, 0.1) is 11.0 Å². The monoisotopic (exact) mass is 378 g/mol. The van der Waals surface area contributed by atoms with Crippen molar-refractivity contribution in [3.05, 3.63) is 63.1 Å². The highest BCUT2D eigenvalue weighted by Gasteiger charge is 2.19. The molecule has 2 aliphatic rings. The number of H-pyrrole nitrogens is 1. The lowest BCUT2D eigenvalue weighted by Crippen LogP contribution is -2.29. The van der Waals surface area contributed by atoms with Gasteiger partial charge in [-0.3, -0.25) is 9.78 Å². The van der Waals surface area contributed by atoms with E-state index in [9.17, 15) is 9.59 Å². The number of fused-ring (bicyclic) bond motifs is 2. The number of rotatable bonds is 5. The number of anilines is 1. The molecule has 0 spiro atoms. The van der Waals surface area contributed by atoms with Crippen molar-refractivity contribution in [2.24, 2.45) is 0 Å². The molecule has 0 amide bonds. The minimum absolute atomic E-state index is 0.185. The van der Waals surface area contributed by atoms with Gasteiger partial charge in [0.2, 0.25) is 0 Å². The summed E-state index contributed by atoms with van der Waals surface area (Å²) in [7, 11) is 3.97. The van der Waals surface area contributed by atoms with Crippen LogP contribution < -0.4 is 16.1 Å². The van der Waals surface area contributed by atoms with Crippen LogP contribution in [0.3, 0.4) is 0 Å². The first-order chi connectivity index (χ1) is 13.4. The highest BCUT2D eigenvalue weighted by Crippen LogP contribution is 2.28. The van der Waals surface area contributed by atoms with E-state index in [1.165, 1.54) is 0 Å². The average Bonchev–Trinajstić information content (AvgIpc) is 3.14. The summed E-state index contributed by atoms with van der Waals surface area (Å²) in [5.74, 6) is 0.322. The second-order valence-corrected chi connectivity index (χ2v) is 7.10. The Hall–Kier alpha value is -3.42. The Balaban J connectivity index is 1.91. The van der Waals surface area contributed by atoms with Gasteiger partial charge in [-0.1, -0.05) is 0 Å². The SMILES string of the molecule is Cc1cc2nc3c(=O)[nH]c(=O)nc-3n(CCCn3cccc3)c2cc1N(C)C. The lowest BCUT2D eigenvalue weighted by molar-refractivity contribution is 0.570. The van der Waals surface area contributed by atoms with Crippen LogP contribution in [0.2, 0.25) is 0 Å². The van der Waals surface area contributed by atoms with Crippen molar-refractivity contribution in [2.45, 2.75) is 26.4 Å². The lowest BCUT2D eigenvalue weighted by atomic mass is 10.1. The second-order valence-electron chi connectivity index (χ2n) is 7.10. The van der Waals surface area contributed by atoms with E-state index in [1.807, 2.05) is 67.1 Å². The van der Waals surface area contributed by atoms with E-state index in [1.54, 1.807) is 0 Å². The van der Waals surface area contributed by atoms with Gasteiger partial charge in [0.25, 0.3) is 5.56 Å². The topological polar surface area (TPSA) is 88.8 Å². The van der Waals surface area contributed by atoms with Gasteiger partial charge in [0.1, 0.15) is 0 Å². The number of aryl methyl sites for hydroxylation is 3. The second kappa shape index (κ2) is 6.95. The molecule has 144 valence electrons. The number of nitrogens with zero attached hydrogens (tertiary/aromatic N) is 5. The van der Waals surface area contributed by atoms with Crippen molar-refractivity contribution in [3.63, 3.8) is 0 Å². The Kier molecular flexibility index (Phi) is 4.46. The van der Waals surface area contributed by atoms with E-state index in [0.717, 1.165) is 29.7 Å². The Morgan fingerprint density at radius 3 is 2.54 bits per heavy atom. The van der Waals surface area contributed by atoms with Gasteiger partial charge in [-0.15, -0.1) is 0 Å². The molecule has 4 rings (SSSR count). The molecule has 1 aromatic carbocycles. The van der Waals surface area contributed by atoms with E-state index in [2.05, 4.69) is 19.5 Å². The zero-order chi connectivity index (χ0) is 19.8. The molecule has 2 aliphatic heterocycles. The van der Waals surface area contributed by atoms with Crippen molar-refractivity contribution in [3.8, 4) is 11.5 Å².